The number of nitrogens with one attached hydrogen (secondary N) is 1. The van der Waals surface area contributed by atoms with Crippen LogP contribution in [0.1, 0.15) is 25.5 Å². The number of nitrogens with zero attached hydrogens (tertiary/aromatic N) is 1. The van der Waals surface area contributed by atoms with Crippen LogP contribution in [0.4, 0.5) is 9.18 Å². The zero-order chi connectivity index (χ0) is 18.6. The molecule has 1 aromatic carbocycles. The van der Waals surface area contributed by atoms with Gasteiger partial charge >= 0.3 is 12.0 Å². The third-order valence-corrected chi connectivity index (χ3v) is 4.27. The van der Waals surface area contributed by atoms with Crippen LogP contribution in [-0.2, 0) is 14.3 Å². The van der Waals surface area contributed by atoms with Gasteiger partial charge in [0.1, 0.15) is 12.4 Å². The Morgan fingerprint density at radius 1 is 1.40 bits per heavy atom. The number of methoxy groups -OCH3 is 1. The van der Waals surface area contributed by atoms with E-state index in [0.29, 0.717) is 12.2 Å². The van der Waals surface area contributed by atoms with Crippen molar-refractivity contribution in [3.63, 3.8) is 0 Å². The van der Waals surface area contributed by atoms with E-state index < -0.39 is 23.9 Å². The minimum Gasteiger partial charge on any atom is -0.460 e. The van der Waals surface area contributed by atoms with E-state index in [1.54, 1.807) is 13.8 Å². The van der Waals surface area contributed by atoms with Gasteiger partial charge in [-0.3, -0.25) is 4.90 Å². The second-order valence-electron chi connectivity index (χ2n) is 5.39. The highest BCUT2D eigenvalue weighted by molar-refractivity contribution is 6.31. The summed E-state index contributed by atoms with van der Waals surface area (Å²) in [6.45, 7) is 4.02. The number of esters is 1. The number of benzene rings is 1. The molecule has 1 atom stereocenters. The van der Waals surface area contributed by atoms with E-state index >= 15 is 0 Å². The second-order valence-corrected chi connectivity index (χ2v) is 5.80. The van der Waals surface area contributed by atoms with Gasteiger partial charge in [-0.2, -0.15) is 0 Å². The maximum Gasteiger partial charge on any atom is 0.338 e. The summed E-state index contributed by atoms with van der Waals surface area (Å²) in [4.78, 5) is 26.3. The molecule has 0 aromatic heterocycles. The maximum atomic E-state index is 14.4. The number of halogens is 2. The Kier molecular flexibility index (Phi) is 6.39. The lowest BCUT2D eigenvalue weighted by atomic mass is 9.94. The highest BCUT2D eigenvalue weighted by atomic mass is 35.5. The number of amides is 2. The van der Waals surface area contributed by atoms with Crippen LogP contribution < -0.4 is 5.32 Å². The number of allylic oxidation sites excluding steroid dienone is 1. The molecule has 0 bridgehead atoms. The van der Waals surface area contributed by atoms with E-state index in [-0.39, 0.29) is 29.4 Å². The molecule has 136 valence electrons. The molecule has 0 spiro atoms. The third-order valence-electron chi connectivity index (χ3n) is 3.94. The van der Waals surface area contributed by atoms with Crippen LogP contribution in [0.25, 0.3) is 0 Å². The molecule has 6 nitrogen and oxygen atoms in total. The fourth-order valence-electron chi connectivity index (χ4n) is 2.72. The van der Waals surface area contributed by atoms with Gasteiger partial charge in [-0.05, 0) is 26.0 Å². The van der Waals surface area contributed by atoms with Crippen molar-refractivity contribution in [2.24, 2.45) is 0 Å². The van der Waals surface area contributed by atoms with Crippen LogP contribution in [0.5, 0.6) is 0 Å². The first kappa shape index (κ1) is 19.2. The molecule has 1 N–H and O–H groups in total. The summed E-state index contributed by atoms with van der Waals surface area (Å²) in [5, 5.41) is 2.76. The van der Waals surface area contributed by atoms with Crippen LogP contribution >= 0.6 is 11.6 Å². The predicted molar refractivity (Wildman–Crippen MR) is 90.6 cm³/mol. The minimum absolute atomic E-state index is 0.0336. The molecule has 0 saturated carbocycles. The van der Waals surface area contributed by atoms with E-state index in [1.807, 2.05) is 0 Å². The molecule has 25 heavy (non-hydrogen) atoms. The predicted octanol–water partition coefficient (Wildman–Crippen LogP) is 3.03. The Labute approximate surface area is 150 Å². The average Bonchev–Trinajstić information content (AvgIpc) is 2.55. The summed E-state index contributed by atoms with van der Waals surface area (Å²) in [6.07, 6.45) is 0. The number of carbonyl (C=O) groups is 2. The van der Waals surface area contributed by atoms with Gasteiger partial charge in [0, 0.05) is 29.9 Å². The van der Waals surface area contributed by atoms with Crippen molar-refractivity contribution < 1.29 is 23.5 Å². The lowest BCUT2D eigenvalue weighted by Gasteiger charge is -2.35. The van der Waals surface area contributed by atoms with E-state index in [0.717, 1.165) is 0 Å². The number of urea groups is 1. The summed E-state index contributed by atoms with van der Waals surface area (Å²) >= 11 is 6.13. The number of ether oxygens (including phenoxy) is 2. The monoisotopic (exact) mass is 370 g/mol. The normalized spacial score (nSPS) is 17.6. The fraction of sp³-hybridized carbons (Fsp3) is 0.412. The highest BCUT2D eigenvalue weighted by Crippen LogP contribution is 2.36. The van der Waals surface area contributed by atoms with Gasteiger partial charge < -0.3 is 14.8 Å². The molecule has 0 radical (unpaired) electrons. The van der Waals surface area contributed by atoms with Crippen molar-refractivity contribution in [2.45, 2.75) is 19.9 Å². The SMILES string of the molecule is CCN1C(=O)N[C@H](c2c(F)cccc2Cl)C(C(=O)OCCOC)=C1C. The Bertz CT molecular complexity index is 688. The molecule has 0 saturated heterocycles. The molecular weight excluding hydrogens is 351 g/mol. The standard InChI is InChI=1S/C17H20ClFN2O4/c1-4-21-10(2)13(16(22)25-9-8-24-3)15(20-17(21)23)14-11(18)6-5-7-12(14)19/h5-7,15H,4,8-9H2,1-3H3,(H,20,23)/t15-/m0/s1. The second kappa shape index (κ2) is 8.31. The van der Waals surface area contributed by atoms with Crippen molar-refractivity contribution in [2.75, 3.05) is 26.9 Å². The average molecular weight is 371 g/mol. The molecule has 1 heterocycles. The van der Waals surface area contributed by atoms with Crippen LogP contribution in [-0.4, -0.2) is 43.8 Å². The van der Waals surface area contributed by atoms with Crippen molar-refractivity contribution in [3.05, 3.63) is 45.9 Å². The van der Waals surface area contributed by atoms with Crippen LogP contribution in [0.3, 0.4) is 0 Å². The molecular formula is C17H20ClFN2O4. The molecule has 0 unspecified atom stereocenters. The summed E-state index contributed by atoms with van der Waals surface area (Å²) < 4.78 is 24.4. The first-order valence-electron chi connectivity index (χ1n) is 7.81. The Hall–Kier alpha value is -2.12. The Morgan fingerprint density at radius 2 is 2.12 bits per heavy atom. The summed E-state index contributed by atoms with van der Waals surface area (Å²) in [7, 11) is 1.49. The lowest BCUT2D eigenvalue weighted by Crippen LogP contribution is -2.48. The molecule has 1 aliphatic heterocycles. The number of carbonyl (C=O) groups excluding carboxylic acids is 2. The van der Waals surface area contributed by atoms with E-state index in [2.05, 4.69) is 5.32 Å². The molecule has 2 amide bonds. The number of rotatable bonds is 6. The summed E-state index contributed by atoms with van der Waals surface area (Å²) in [5.74, 6) is -1.27. The quantitative estimate of drug-likeness (QED) is 0.617. The molecule has 1 aromatic rings. The number of hydrogen-bond acceptors (Lipinski definition) is 4. The van der Waals surface area contributed by atoms with Gasteiger partial charge in [0.25, 0.3) is 0 Å². The zero-order valence-corrected chi connectivity index (χ0v) is 15.0. The molecule has 0 aliphatic carbocycles. The molecule has 8 heteroatoms. The third kappa shape index (κ3) is 3.93. The first-order valence-corrected chi connectivity index (χ1v) is 8.18. The van der Waals surface area contributed by atoms with E-state index in [1.165, 1.54) is 30.2 Å². The van der Waals surface area contributed by atoms with Crippen LogP contribution in [0.15, 0.2) is 29.5 Å². The minimum atomic E-state index is -1.03. The van der Waals surface area contributed by atoms with Crippen molar-refractivity contribution in [3.8, 4) is 0 Å². The Balaban J connectivity index is 2.50. The molecule has 2 rings (SSSR count). The van der Waals surface area contributed by atoms with Crippen molar-refractivity contribution in [1.29, 1.82) is 0 Å². The Morgan fingerprint density at radius 3 is 2.72 bits per heavy atom. The van der Waals surface area contributed by atoms with Gasteiger partial charge in [-0.25, -0.2) is 14.0 Å². The lowest BCUT2D eigenvalue weighted by molar-refractivity contribution is -0.140. The fourth-order valence-corrected chi connectivity index (χ4v) is 3.00. The summed E-state index contributed by atoms with van der Waals surface area (Å²) in [6, 6.07) is 2.72. The van der Waals surface area contributed by atoms with Gasteiger partial charge in [-0.1, -0.05) is 17.7 Å². The number of hydrogen-bond donors (Lipinski definition) is 1. The van der Waals surface area contributed by atoms with E-state index in [4.69, 9.17) is 21.1 Å². The van der Waals surface area contributed by atoms with Gasteiger partial charge in [0.2, 0.25) is 0 Å². The summed E-state index contributed by atoms with van der Waals surface area (Å²) in [5.41, 5.74) is 0.578. The first-order chi connectivity index (χ1) is 11.9. The van der Waals surface area contributed by atoms with Gasteiger partial charge in [0.05, 0.1) is 18.2 Å². The zero-order valence-electron chi connectivity index (χ0n) is 14.3. The van der Waals surface area contributed by atoms with Crippen LogP contribution in [0.2, 0.25) is 5.02 Å². The smallest absolute Gasteiger partial charge is 0.338 e. The maximum absolute atomic E-state index is 14.4. The largest absolute Gasteiger partial charge is 0.460 e. The van der Waals surface area contributed by atoms with Crippen LogP contribution in [0, 0.1) is 5.82 Å². The van der Waals surface area contributed by atoms with E-state index in [9.17, 15) is 14.0 Å². The highest BCUT2D eigenvalue weighted by Gasteiger charge is 2.38. The molecule has 0 fully saturated rings. The van der Waals surface area contributed by atoms with Gasteiger partial charge in [-0.15, -0.1) is 0 Å². The van der Waals surface area contributed by atoms with Crippen molar-refractivity contribution >= 4 is 23.6 Å². The molecule has 1 aliphatic rings. The topological polar surface area (TPSA) is 67.9 Å². The van der Waals surface area contributed by atoms with Gasteiger partial charge in [0.15, 0.2) is 0 Å². The van der Waals surface area contributed by atoms with Crippen molar-refractivity contribution in [1.82, 2.24) is 10.2 Å².